The minimum Gasteiger partial charge on any atom is -0.477 e. The number of nitrogens with one attached hydrogen (secondary N) is 1. The van der Waals surface area contributed by atoms with E-state index in [1.807, 2.05) is 26.1 Å². The summed E-state index contributed by atoms with van der Waals surface area (Å²) < 4.78 is 11.0. The third-order valence-electron chi connectivity index (χ3n) is 6.53. The number of pyridine rings is 1. The fraction of sp³-hybridized carbons (Fsp3) is 0.333. The van der Waals surface area contributed by atoms with Crippen LogP contribution in [0.25, 0.3) is 22.3 Å². The highest BCUT2D eigenvalue weighted by Crippen LogP contribution is 2.44. The molecule has 1 amide bonds. The minimum absolute atomic E-state index is 0.217. The van der Waals surface area contributed by atoms with Crippen LogP contribution in [0.2, 0.25) is 0 Å². The quantitative estimate of drug-likeness (QED) is 0.377. The van der Waals surface area contributed by atoms with Crippen LogP contribution in [-0.2, 0) is 13.6 Å². The van der Waals surface area contributed by atoms with Gasteiger partial charge in [0.1, 0.15) is 0 Å². The molecule has 1 fully saturated rings. The molecule has 1 aliphatic carbocycles. The third-order valence-corrected chi connectivity index (χ3v) is 7.02. The maximum Gasteiger partial charge on any atom is 0.258 e. The highest BCUT2D eigenvalue weighted by molar-refractivity contribution is 9.10. The molecular formula is C24H23BrN6O2. The summed E-state index contributed by atoms with van der Waals surface area (Å²) in [5.41, 5.74) is 4.59. The van der Waals surface area contributed by atoms with Gasteiger partial charge in [-0.3, -0.25) is 15.1 Å². The smallest absolute Gasteiger partial charge is 0.258 e. The van der Waals surface area contributed by atoms with E-state index in [4.69, 9.17) is 9.72 Å². The second kappa shape index (κ2) is 7.69. The Hall–Kier alpha value is -3.20. The van der Waals surface area contributed by atoms with Crippen LogP contribution in [0.1, 0.15) is 28.9 Å². The molecule has 2 bridgehead atoms. The molecule has 2 atom stereocenters. The van der Waals surface area contributed by atoms with Crippen molar-refractivity contribution in [2.24, 2.45) is 18.9 Å². The van der Waals surface area contributed by atoms with Crippen LogP contribution in [-0.4, -0.2) is 36.8 Å². The molecule has 4 heterocycles. The van der Waals surface area contributed by atoms with Crippen LogP contribution in [0, 0.1) is 18.8 Å². The van der Waals surface area contributed by atoms with E-state index in [9.17, 15) is 4.79 Å². The van der Waals surface area contributed by atoms with Crippen LogP contribution in [0.5, 0.6) is 5.88 Å². The number of amides is 1. The Labute approximate surface area is 199 Å². The van der Waals surface area contributed by atoms with Crippen LogP contribution < -0.4 is 10.1 Å². The molecular weight excluding hydrogens is 484 g/mol. The predicted molar refractivity (Wildman–Crippen MR) is 128 cm³/mol. The average Bonchev–Trinajstić information content (AvgIpc) is 3.30. The maximum atomic E-state index is 13.3. The van der Waals surface area contributed by atoms with E-state index in [0.29, 0.717) is 41.5 Å². The number of carbonyl (C=O) groups is 1. The molecule has 4 aromatic rings. The summed E-state index contributed by atoms with van der Waals surface area (Å²) in [5, 5.41) is 7.43. The molecule has 1 aliphatic heterocycles. The van der Waals surface area contributed by atoms with Crippen molar-refractivity contribution >= 4 is 38.8 Å². The van der Waals surface area contributed by atoms with E-state index in [2.05, 4.69) is 42.0 Å². The summed E-state index contributed by atoms with van der Waals surface area (Å²) in [4.78, 5) is 22.7. The van der Waals surface area contributed by atoms with Gasteiger partial charge >= 0.3 is 0 Å². The molecule has 0 unspecified atom stereocenters. The molecule has 3 aromatic heterocycles. The molecule has 1 saturated carbocycles. The minimum atomic E-state index is -0.217. The fourth-order valence-electron chi connectivity index (χ4n) is 4.69. The zero-order valence-electron chi connectivity index (χ0n) is 18.4. The van der Waals surface area contributed by atoms with E-state index < -0.39 is 0 Å². The lowest BCUT2D eigenvalue weighted by Gasteiger charge is -2.11. The summed E-state index contributed by atoms with van der Waals surface area (Å²) in [6, 6.07) is 9.57. The summed E-state index contributed by atoms with van der Waals surface area (Å²) in [5.74, 6) is 2.15. The Balaban J connectivity index is 1.47. The van der Waals surface area contributed by atoms with Gasteiger partial charge in [-0.05, 0) is 61.9 Å². The number of imidazole rings is 1. The van der Waals surface area contributed by atoms with Gasteiger partial charge in [0.05, 0.1) is 35.1 Å². The number of halogens is 1. The van der Waals surface area contributed by atoms with Crippen molar-refractivity contribution < 1.29 is 9.53 Å². The number of carbonyl (C=O) groups excluding carboxylic acids is 1. The Morgan fingerprint density at radius 2 is 2.06 bits per heavy atom. The van der Waals surface area contributed by atoms with Crippen molar-refractivity contribution in [3.63, 3.8) is 0 Å². The SMILES string of the molecule is Cc1cc2cc(n1)-c1cnn(C)c1OCC[C@H]1C[C@@H]1Cn1c(nc3ccc(Br)cc31)NC2=O. The molecule has 0 saturated heterocycles. The molecule has 6 rings (SSSR count). The van der Waals surface area contributed by atoms with Crippen LogP contribution in [0.3, 0.4) is 0 Å². The number of aromatic nitrogens is 5. The Kier molecular flexibility index (Phi) is 4.76. The van der Waals surface area contributed by atoms with E-state index in [0.717, 1.165) is 46.1 Å². The molecule has 1 N–H and O–H groups in total. The first-order chi connectivity index (χ1) is 16.0. The van der Waals surface area contributed by atoms with E-state index in [1.165, 1.54) is 0 Å². The van der Waals surface area contributed by atoms with Crippen molar-refractivity contribution in [1.82, 2.24) is 24.3 Å². The van der Waals surface area contributed by atoms with Gasteiger partial charge in [0, 0.05) is 29.3 Å². The Morgan fingerprint density at radius 3 is 2.94 bits per heavy atom. The largest absolute Gasteiger partial charge is 0.477 e. The average molecular weight is 507 g/mol. The third kappa shape index (κ3) is 3.70. The molecule has 0 spiro atoms. The molecule has 168 valence electrons. The van der Waals surface area contributed by atoms with Crippen LogP contribution >= 0.6 is 15.9 Å². The molecule has 33 heavy (non-hydrogen) atoms. The lowest BCUT2D eigenvalue weighted by atomic mass is 10.1. The molecule has 1 aromatic carbocycles. The van der Waals surface area contributed by atoms with Gasteiger partial charge < -0.3 is 9.30 Å². The lowest BCUT2D eigenvalue weighted by molar-refractivity contribution is 0.102. The standard InChI is InChI=1S/C24H23BrN6O2/c1-13-7-15-9-20(27-13)18-11-26-30(2)23(18)33-6-5-14-8-16(14)12-31-21-10-17(25)3-4-19(21)28-24(31)29-22(15)32/h3-4,7,9-11,14,16H,5-6,8,12H2,1-2H3,(H,28,29,32)/t14-,16+/m0/s1. The molecule has 8 nitrogen and oxygen atoms in total. The monoisotopic (exact) mass is 506 g/mol. The maximum absolute atomic E-state index is 13.3. The van der Waals surface area contributed by atoms with Crippen LogP contribution in [0.15, 0.2) is 41.0 Å². The van der Waals surface area contributed by atoms with Crippen molar-refractivity contribution in [3.8, 4) is 17.1 Å². The number of benzene rings is 1. The van der Waals surface area contributed by atoms with E-state index in [-0.39, 0.29) is 5.91 Å². The van der Waals surface area contributed by atoms with Gasteiger partial charge in [0.2, 0.25) is 11.8 Å². The van der Waals surface area contributed by atoms with E-state index >= 15 is 0 Å². The highest BCUT2D eigenvalue weighted by atomic mass is 79.9. The number of anilines is 1. The first kappa shape index (κ1) is 20.4. The van der Waals surface area contributed by atoms with Gasteiger partial charge in [-0.25, -0.2) is 9.67 Å². The van der Waals surface area contributed by atoms with Crippen LogP contribution in [0.4, 0.5) is 5.95 Å². The zero-order valence-corrected chi connectivity index (χ0v) is 20.0. The predicted octanol–water partition coefficient (Wildman–Crippen LogP) is 4.57. The normalized spacial score (nSPS) is 20.0. The Morgan fingerprint density at radius 1 is 1.18 bits per heavy atom. The van der Waals surface area contributed by atoms with Gasteiger partial charge in [-0.2, -0.15) is 5.10 Å². The van der Waals surface area contributed by atoms with Gasteiger partial charge in [-0.15, -0.1) is 0 Å². The topological polar surface area (TPSA) is 86.9 Å². The molecule has 0 radical (unpaired) electrons. The summed E-state index contributed by atoms with van der Waals surface area (Å²) in [6.45, 7) is 3.31. The number of aryl methyl sites for hydroxylation is 2. The number of fused-ring (bicyclic) bond motifs is 8. The zero-order chi connectivity index (χ0) is 22.7. The van der Waals surface area contributed by atoms with E-state index in [1.54, 1.807) is 23.0 Å². The summed E-state index contributed by atoms with van der Waals surface area (Å²) >= 11 is 3.57. The summed E-state index contributed by atoms with van der Waals surface area (Å²) in [7, 11) is 1.86. The van der Waals surface area contributed by atoms with Crippen molar-refractivity contribution in [2.45, 2.75) is 26.3 Å². The first-order valence-corrected chi connectivity index (χ1v) is 11.9. The second-order valence-electron chi connectivity index (χ2n) is 8.90. The number of hydrogen-bond donors (Lipinski definition) is 1. The molecule has 9 heteroatoms. The first-order valence-electron chi connectivity index (χ1n) is 11.1. The number of hydrogen-bond acceptors (Lipinski definition) is 5. The number of rotatable bonds is 0. The molecule has 2 aliphatic rings. The Bertz CT molecular complexity index is 1410. The number of nitrogens with zero attached hydrogens (tertiary/aromatic N) is 5. The number of ether oxygens (including phenoxy) is 1. The van der Waals surface area contributed by atoms with Crippen molar-refractivity contribution in [3.05, 3.63) is 52.3 Å². The second-order valence-corrected chi connectivity index (χ2v) is 9.81. The lowest BCUT2D eigenvalue weighted by Crippen LogP contribution is -2.17. The van der Waals surface area contributed by atoms with Gasteiger partial charge in [0.15, 0.2) is 0 Å². The van der Waals surface area contributed by atoms with Crippen molar-refractivity contribution in [2.75, 3.05) is 11.9 Å². The van der Waals surface area contributed by atoms with Gasteiger partial charge in [0.25, 0.3) is 5.91 Å². The highest BCUT2D eigenvalue weighted by Gasteiger charge is 2.38. The van der Waals surface area contributed by atoms with Gasteiger partial charge in [-0.1, -0.05) is 15.9 Å². The summed E-state index contributed by atoms with van der Waals surface area (Å²) in [6.07, 6.45) is 3.86. The fourth-order valence-corrected chi connectivity index (χ4v) is 5.04. The van der Waals surface area contributed by atoms with Crippen molar-refractivity contribution in [1.29, 1.82) is 0 Å².